The van der Waals surface area contributed by atoms with Gasteiger partial charge in [-0.2, -0.15) is 0 Å². The van der Waals surface area contributed by atoms with Crippen LogP contribution in [0.3, 0.4) is 0 Å². The Morgan fingerprint density at radius 1 is 0.466 bits per heavy atom. The Kier molecular flexibility index (Phi) is 11.2. The first kappa shape index (κ1) is 44.0. The van der Waals surface area contributed by atoms with Crippen molar-refractivity contribution in [2.24, 2.45) is 0 Å². The lowest BCUT2D eigenvalue weighted by atomic mass is 9.79. The number of allylic oxidation sites excluding steroid dienone is 6. The van der Waals surface area contributed by atoms with Gasteiger partial charge < -0.3 is 9.32 Å². The van der Waals surface area contributed by atoms with E-state index in [1.807, 2.05) is 6.07 Å². The van der Waals surface area contributed by atoms with Gasteiger partial charge in [0.1, 0.15) is 11.2 Å². The van der Waals surface area contributed by atoms with Gasteiger partial charge >= 0.3 is 0 Å². The van der Waals surface area contributed by atoms with Crippen molar-refractivity contribution in [1.82, 2.24) is 0 Å². The number of para-hydroxylation sites is 2. The number of nitrogens with zero attached hydrogens (tertiary/aromatic N) is 1. The highest BCUT2D eigenvalue weighted by molar-refractivity contribution is 6.09. The average Bonchev–Trinajstić information content (AvgIpc) is 3.85. The van der Waals surface area contributed by atoms with E-state index < -0.39 is 0 Å². The standard InChI is InChI=1S/C71H53NO/c1-71(72(59-39-35-51(36-40-59)49-17-5-2-6-18-49)60-41-37-53(38-42-60)62-27-15-24-52-21-11-12-25-61(52)62)45-43-56(44-46-71)67-48-58(50-19-7-3-8-20-50)47-66(69(67)57-22-9-4-10-23-57)55-33-31-54(32-34-55)63-28-16-29-65-64-26-13-14-30-68(64)73-70(63)65/h2-19,21-45,47-48,50H,20,46H2,1H3. The fraction of sp³-hybridized carbons (Fsp3) is 0.0704. The second-order valence-electron chi connectivity index (χ2n) is 19.7. The summed E-state index contributed by atoms with van der Waals surface area (Å²) < 4.78 is 6.50. The second-order valence-corrected chi connectivity index (χ2v) is 19.7. The third kappa shape index (κ3) is 8.21. The quantitative estimate of drug-likeness (QED) is 0.136. The van der Waals surface area contributed by atoms with E-state index in [-0.39, 0.29) is 11.5 Å². The Bertz CT molecular complexity index is 3940. The largest absolute Gasteiger partial charge is 0.455 e. The van der Waals surface area contributed by atoms with Crippen LogP contribution in [0, 0.1) is 0 Å². The van der Waals surface area contributed by atoms with E-state index in [1.54, 1.807) is 0 Å². The molecule has 348 valence electrons. The van der Waals surface area contributed by atoms with Gasteiger partial charge in [0, 0.05) is 33.6 Å². The number of furan rings is 1. The molecule has 1 heterocycles. The fourth-order valence-corrected chi connectivity index (χ4v) is 11.4. The number of benzene rings is 10. The highest BCUT2D eigenvalue weighted by Crippen LogP contribution is 2.47. The molecule has 0 amide bonds. The molecule has 13 rings (SSSR count). The van der Waals surface area contributed by atoms with Crippen LogP contribution in [0.15, 0.2) is 277 Å². The van der Waals surface area contributed by atoms with Gasteiger partial charge in [-0.05, 0) is 140 Å². The van der Waals surface area contributed by atoms with E-state index in [2.05, 4.69) is 279 Å². The zero-order chi connectivity index (χ0) is 48.7. The summed E-state index contributed by atoms with van der Waals surface area (Å²) in [6.07, 6.45) is 18.1. The van der Waals surface area contributed by atoms with E-state index in [9.17, 15) is 0 Å². The second kappa shape index (κ2) is 18.6. The third-order valence-electron chi connectivity index (χ3n) is 15.2. The van der Waals surface area contributed by atoms with Crippen LogP contribution in [0.25, 0.3) is 93.9 Å². The van der Waals surface area contributed by atoms with Crippen molar-refractivity contribution in [3.8, 4) is 55.6 Å². The Hall–Kier alpha value is -8.98. The Morgan fingerprint density at radius 3 is 1.74 bits per heavy atom. The summed E-state index contributed by atoms with van der Waals surface area (Å²) in [6.45, 7) is 2.38. The van der Waals surface area contributed by atoms with Crippen molar-refractivity contribution in [2.75, 3.05) is 4.90 Å². The summed E-state index contributed by atoms with van der Waals surface area (Å²) in [5.74, 6) is 0.266. The van der Waals surface area contributed by atoms with Crippen LogP contribution in [-0.2, 0) is 0 Å². The Morgan fingerprint density at radius 2 is 1.03 bits per heavy atom. The van der Waals surface area contributed by atoms with E-state index >= 15 is 0 Å². The van der Waals surface area contributed by atoms with Crippen LogP contribution in [0.2, 0.25) is 0 Å². The number of fused-ring (bicyclic) bond motifs is 4. The molecule has 0 spiro atoms. The molecule has 0 saturated heterocycles. The van der Waals surface area contributed by atoms with Crippen LogP contribution in [-0.4, -0.2) is 5.54 Å². The fourth-order valence-electron chi connectivity index (χ4n) is 11.4. The van der Waals surface area contributed by atoms with Crippen molar-refractivity contribution < 1.29 is 4.42 Å². The molecule has 73 heavy (non-hydrogen) atoms. The maximum Gasteiger partial charge on any atom is 0.143 e. The van der Waals surface area contributed by atoms with Crippen molar-refractivity contribution in [1.29, 1.82) is 0 Å². The minimum atomic E-state index is -0.387. The van der Waals surface area contributed by atoms with Crippen molar-refractivity contribution >= 4 is 49.7 Å². The van der Waals surface area contributed by atoms with Gasteiger partial charge in [0.15, 0.2) is 0 Å². The lowest BCUT2D eigenvalue weighted by molar-refractivity contribution is 0.571. The molecular formula is C71H53NO. The summed E-state index contributed by atoms with van der Waals surface area (Å²) in [5, 5.41) is 4.79. The van der Waals surface area contributed by atoms with Gasteiger partial charge in [0.2, 0.25) is 0 Å². The maximum absolute atomic E-state index is 6.50. The van der Waals surface area contributed by atoms with Crippen molar-refractivity contribution in [3.63, 3.8) is 0 Å². The molecule has 0 aliphatic heterocycles. The molecule has 0 saturated carbocycles. The van der Waals surface area contributed by atoms with E-state index in [1.165, 1.54) is 72.0 Å². The van der Waals surface area contributed by atoms with Crippen LogP contribution in [0.5, 0.6) is 0 Å². The molecule has 2 atom stereocenters. The molecule has 1 aromatic heterocycles. The molecular weight excluding hydrogens is 883 g/mol. The SMILES string of the molecule is CC1(N(c2ccc(-c3ccccc3)cc2)c2ccc(-c3cccc4ccccc34)cc2)C=CC(c2cc(C3C=CC=CC3)cc(-c3ccc(-c4cccc5c4oc4ccccc45)cc3)c2-c2ccccc2)=CC1. The van der Waals surface area contributed by atoms with Crippen LogP contribution < -0.4 is 4.90 Å². The minimum Gasteiger partial charge on any atom is -0.455 e. The lowest BCUT2D eigenvalue weighted by Crippen LogP contribution is -2.42. The first-order valence-electron chi connectivity index (χ1n) is 25.6. The van der Waals surface area contributed by atoms with E-state index in [0.717, 1.165) is 57.3 Å². The molecule has 2 nitrogen and oxygen atoms in total. The van der Waals surface area contributed by atoms with Gasteiger partial charge in [0.05, 0.1) is 5.54 Å². The van der Waals surface area contributed by atoms with Gasteiger partial charge in [-0.25, -0.2) is 0 Å². The monoisotopic (exact) mass is 935 g/mol. The third-order valence-corrected chi connectivity index (χ3v) is 15.2. The molecule has 0 bridgehead atoms. The predicted octanol–water partition coefficient (Wildman–Crippen LogP) is 19.6. The van der Waals surface area contributed by atoms with Crippen LogP contribution >= 0.6 is 0 Å². The van der Waals surface area contributed by atoms with Crippen LogP contribution in [0.1, 0.15) is 36.8 Å². The molecule has 0 fully saturated rings. The highest BCUT2D eigenvalue weighted by Gasteiger charge is 2.33. The summed E-state index contributed by atoms with van der Waals surface area (Å²) >= 11 is 0. The van der Waals surface area contributed by atoms with Crippen molar-refractivity contribution in [3.05, 3.63) is 284 Å². The van der Waals surface area contributed by atoms with Crippen molar-refractivity contribution in [2.45, 2.75) is 31.2 Å². The number of anilines is 2. The summed E-state index contributed by atoms with van der Waals surface area (Å²) in [6, 6.07) is 84.0. The molecule has 10 aromatic carbocycles. The van der Waals surface area contributed by atoms with Gasteiger partial charge in [0.25, 0.3) is 0 Å². The normalized spacial score (nSPS) is 16.3. The minimum absolute atomic E-state index is 0.266. The number of rotatable bonds is 10. The zero-order valence-electron chi connectivity index (χ0n) is 40.8. The summed E-state index contributed by atoms with van der Waals surface area (Å²) in [5.41, 5.74) is 19.5. The average molecular weight is 936 g/mol. The highest BCUT2D eigenvalue weighted by atomic mass is 16.3. The molecule has 2 aliphatic carbocycles. The maximum atomic E-state index is 6.50. The molecule has 2 aliphatic rings. The van der Waals surface area contributed by atoms with Gasteiger partial charge in [-0.15, -0.1) is 0 Å². The molecule has 2 heteroatoms. The number of hydrogen-bond donors (Lipinski definition) is 0. The summed E-state index contributed by atoms with van der Waals surface area (Å²) in [4.78, 5) is 2.53. The molecule has 0 N–H and O–H groups in total. The molecule has 11 aromatic rings. The number of hydrogen-bond acceptors (Lipinski definition) is 2. The molecule has 2 unspecified atom stereocenters. The lowest BCUT2D eigenvalue weighted by Gasteiger charge is -2.42. The smallest absolute Gasteiger partial charge is 0.143 e. The Labute approximate surface area is 427 Å². The van der Waals surface area contributed by atoms with E-state index in [4.69, 9.17) is 4.42 Å². The van der Waals surface area contributed by atoms with Crippen LogP contribution in [0.4, 0.5) is 11.4 Å². The topological polar surface area (TPSA) is 16.4 Å². The first-order chi connectivity index (χ1) is 36.0. The molecule has 0 radical (unpaired) electrons. The van der Waals surface area contributed by atoms with E-state index in [0.29, 0.717) is 0 Å². The van der Waals surface area contributed by atoms with Gasteiger partial charge in [-0.3, -0.25) is 0 Å². The first-order valence-corrected chi connectivity index (χ1v) is 25.6. The Balaban J connectivity index is 0.911. The predicted molar refractivity (Wildman–Crippen MR) is 309 cm³/mol. The van der Waals surface area contributed by atoms with Gasteiger partial charge in [-0.1, -0.05) is 231 Å². The zero-order valence-corrected chi connectivity index (χ0v) is 40.8. The summed E-state index contributed by atoms with van der Waals surface area (Å²) in [7, 11) is 0.